The maximum atomic E-state index is 11.1. The quantitative estimate of drug-likeness (QED) is 0.788. The summed E-state index contributed by atoms with van der Waals surface area (Å²) in [6, 6.07) is 6.64. The SMILES string of the molecule is O=C=C1CC=CC=C1c1ccccc1C(=O)O. The number of carboxylic acids is 1. The van der Waals surface area contributed by atoms with E-state index in [0.717, 1.165) is 0 Å². The molecule has 0 aliphatic heterocycles. The first-order valence-electron chi connectivity index (χ1n) is 5.18. The first-order chi connectivity index (χ1) is 8.24. The molecule has 1 aromatic carbocycles. The molecule has 1 N–H and O–H groups in total. The highest BCUT2D eigenvalue weighted by molar-refractivity contribution is 5.99. The fourth-order valence-electron chi connectivity index (χ4n) is 1.81. The van der Waals surface area contributed by atoms with E-state index >= 15 is 0 Å². The van der Waals surface area contributed by atoms with Gasteiger partial charge in [0.15, 0.2) is 0 Å². The van der Waals surface area contributed by atoms with E-state index in [-0.39, 0.29) is 5.56 Å². The Labute approximate surface area is 98.4 Å². The van der Waals surface area contributed by atoms with Gasteiger partial charge >= 0.3 is 5.97 Å². The fraction of sp³-hybridized carbons (Fsp3) is 0.0714. The van der Waals surface area contributed by atoms with Gasteiger partial charge in [-0.25, -0.2) is 9.59 Å². The fourth-order valence-corrected chi connectivity index (χ4v) is 1.81. The number of rotatable bonds is 2. The lowest BCUT2D eigenvalue weighted by Gasteiger charge is -2.12. The Bertz CT molecular complexity index is 573. The first kappa shape index (κ1) is 11.1. The summed E-state index contributed by atoms with van der Waals surface area (Å²) in [5, 5.41) is 9.10. The van der Waals surface area contributed by atoms with Crippen molar-refractivity contribution in [2.24, 2.45) is 0 Å². The topological polar surface area (TPSA) is 54.4 Å². The van der Waals surface area contributed by atoms with Crippen LogP contribution in [0.2, 0.25) is 0 Å². The highest BCUT2D eigenvalue weighted by Gasteiger charge is 2.16. The number of carboxylic acid groups (broad SMARTS) is 1. The second-order valence-electron chi connectivity index (χ2n) is 3.64. The van der Waals surface area contributed by atoms with Crippen molar-refractivity contribution in [2.75, 3.05) is 0 Å². The van der Waals surface area contributed by atoms with Crippen molar-refractivity contribution in [1.29, 1.82) is 0 Å². The van der Waals surface area contributed by atoms with Gasteiger partial charge in [-0.05, 0) is 17.2 Å². The minimum Gasteiger partial charge on any atom is -0.478 e. The third-order valence-corrected chi connectivity index (χ3v) is 2.62. The number of hydrogen-bond donors (Lipinski definition) is 1. The molecule has 0 fully saturated rings. The summed E-state index contributed by atoms with van der Waals surface area (Å²) >= 11 is 0. The average Bonchev–Trinajstić information content (AvgIpc) is 2.38. The lowest BCUT2D eigenvalue weighted by molar-refractivity contribution is 0.0696. The van der Waals surface area contributed by atoms with Crippen LogP contribution >= 0.6 is 0 Å². The second-order valence-corrected chi connectivity index (χ2v) is 3.64. The average molecular weight is 226 g/mol. The zero-order valence-electron chi connectivity index (χ0n) is 9.01. The van der Waals surface area contributed by atoms with Crippen LogP contribution < -0.4 is 0 Å². The van der Waals surface area contributed by atoms with Crippen LogP contribution in [0.1, 0.15) is 22.3 Å². The number of allylic oxidation sites excluding steroid dienone is 5. The molecule has 0 heterocycles. The van der Waals surface area contributed by atoms with Gasteiger partial charge in [-0.3, -0.25) is 0 Å². The van der Waals surface area contributed by atoms with E-state index in [1.807, 2.05) is 18.1 Å². The molecule has 84 valence electrons. The van der Waals surface area contributed by atoms with Gasteiger partial charge < -0.3 is 5.11 Å². The summed E-state index contributed by atoms with van der Waals surface area (Å²) in [7, 11) is 0. The van der Waals surface area contributed by atoms with Gasteiger partial charge in [-0.2, -0.15) is 0 Å². The summed E-state index contributed by atoms with van der Waals surface area (Å²) < 4.78 is 0. The van der Waals surface area contributed by atoms with Gasteiger partial charge in [0.2, 0.25) is 0 Å². The Morgan fingerprint density at radius 2 is 2.06 bits per heavy atom. The van der Waals surface area contributed by atoms with Crippen LogP contribution in [0.15, 0.2) is 48.1 Å². The molecule has 0 unspecified atom stereocenters. The minimum atomic E-state index is -0.999. The predicted octanol–water partition coefficient (Wildman–Crippen LogP) is 2.49. The molecule has 0 spiro atoms. The first-order valence-corrected chi connectivity index (χ1v) is 5.18. The maximum absolute atomic E-state index is 11.1. The zero-order valence-corrected chi connectivity index (χ0v) is 9.01. The summed E-state index contributed by atoms with van der Waals surface area (Å²) in [6.45, 7) is 0. The second kappa shape index (κ2) is 4.64. The summed E-state index contributed by atoms with van der Waals surface area (Å²) in [6.07, 6.45) is 5.89. The molecule has 3 nitrogen and oxygen atoms in total. The van der Waals surface area contributed by atoms with Crippen LogP contribution in [0.3, 0.4) is 0 Å². The van der Waals surface area contributed by atoms with Crippen molar-refractivity contribution in [3.05, 3.63) is 59.2 Å². The Kier molecular flexibility index (Phi) is 3.03. The van der Waals surface area contributed by atoms with Gasteiger partial charge in [0.1, 0.15) is 5.94 Å². The molecule has 0 atom stereocenters. The van der Waals surface area contributed by atoms with Crippen LogP contribution in [-0.2, 0) is 4.79 Å². The molecule has 0 aromatic heterocycles. The summed E-state index contributed by atoms with van der Waals surface area (Å²) in [5.41, 5.74) is 1.88. The highest BCUT2D eigenvalue weighted by Crippen LogP contribution is 2.29. The van der Waals surface area contributed by atoms with E-state index in [9.17, 15) is 9.59 Å². The molecule has 0 bridgehead atoms. The molecule has 2 rings (SSSR count). The molecule has 3 heteroatoms. The van der Waals surface area contributed by atoms with E-state index in [2.05, 4.69) is 0 Å². The molecular formula is C14H10O3. The zero-order chi connectivity index (χ0) is 12.3. The monoisotopic (exact) mass is 226 g/mol. The van der Waals surface area contributed by atoms with Crippen molar-refractivity contribution in [1.82, 2.24) is 0 Å². The third-order valence-electron chi connectivity index (χ3n) is 2.62. The van der Waals surface area contributed by atoms with E-state index < -0.39 is 5.97 Å². The lowest BCUT2D eigenvalue weighted by atomic mass is 9.90. The van der Waals surface area contributed by atoms with Crippen LogP contribution in [0, 0.1) is 0 Å². The van der Waals surface area contributed by atoms with E-state index in [4.69, 9.17) is 5.11 Å². The Hall–Kier alpha value is -2.38. The van der Waals surface area contributed by atoms with E-state index in [1.165, 1.54) is 6.07 Å². The number of carbonyl (C=O) groups is 1. The molecule has 1 aliphatic carbocycles. The number of hydrogen-bond acceptors (Lipinski definition) is 2. The van der Waals surface area contributed by atoms with Crippen LogP contribution in [0.25, 0.3) is 5.57 Å². The third kappa shape index (κ3) is 2.10. The Morgan fingerprint density at radius 3 is 2.76 bits per heavy atom. The van der Waals surface area contributed by atoms with Crippen molar-refractivity contribution in [3.63, 3.8) is 0 Å². The maximum Gasteiger partial charge on any atom is 0.336 e. The summed E-state index contributed by atoms with van der Waals surface area (Å²) in [4.78, 5) is 21.9. The van der Waals surface area contributed by atoms with Crippen molar-refractivity contribution < 1.29 is 14.7 Å². The van der Waals surface area contributed by atoms with Crippen LogP contribution in [0.4, 0.5) is 0 Å². The molecule has 0 amide bonds. The molecule has 0 saturated heterocycles. The van der Waals surface area contributed by atoms with Crippen LogP contribution in [0.5, 0.6) is 0 Å². The largest absolute Gasteiger partial charge is 0.478 e. The molecule has 1 aliphatic rings. The van der Waals surface area contributed by atoms with Gasteiger partial charge in [0.25, 0.3) is 0 Å². The van der Waals surface area contributed by atoms with Crippen molar-refractivity contribution in [2.45, 2.75) is 6.42 Å². The minimum absolute atomic E-state index is 0.196. The van der Waals surface area contributed by atoms with E-state index in [1.54, 1.807) is 24.3 Å². The Morgan fingerprint density at radius 1 is 1.29 bits per heavy atom. The van der Waals surface area contributed by atoms with Crippen molar-refractivity contribution in [3.8, 4) is 0 Å². The lowest BCUT2D eigenvalue weighted by Crippen LogP contribution is -2.04. The predicted molar refractivity (Wildman–Crippen MR) is 64.3 cm³/mol. The smallest absolute Gasteiger partial charge is 0.336 e. The number of aromatic carboxylic acids is 1. The van der Waals surface area contributed by atoms with E-state index in [0.29, 0.717) is 23.1 Å². The van der Waals surface area contributed by atoms with Gasteiger partial charge in [-0.1, -0.05) is 36.4 Å². The molecular weight excluding hydrogens is 216 g/mol. The normalized spacial score (nSPS) is 14.1. The highest BCUT2D eigenvalue weighted by atomic mass is 16.4. The molecule has 1 aromatic rings. The summed E-state index contributed by atoms with van der Waals surface area (Å²) in [5.74, 6) is 0.874. The standard InChI is InChI=1S/C14H10O3/c15-9-10-5-1-2-6-11(10)12-7-3-4-8-13(12)14(16)17/h1-4,6-8H,5H2,(H,16,17). The molecule has 0 radical (unpaired) electrons. The molecule has 0 saturated carbocycles. The van der Waals surface area contributed by atoms with Gasteiger partial charge in [0, 0.05) is 12.0 Å². The van der Waals surface area contributed by atoms with Gasteiger partial charge in [-0.15, -0.1) is 0 Å². The molecule has 17 heavy (non-hydrogen) atoms. The van der Waals surface area contributed by atoms with Gasteiger partial charge in [0.05, 0.1) is 5.56 Å². The number of benzene rings is 1. The Balaban J connectivity index is 2.61. The van der Waals surface area contributed by atoms with Crippen LogP contribution in [-0.4, -0.2) is 17.0 Å². The van der Waals surface area contributed by atoms with Crippen molar-refractivity contribution >= 4 is 17.5 Å². The number of carbonyl (C=O) groups excluding carboxylic acids is 1.